The Morgan fingerprint density at radius 2 is 2.23 bits per heavy atom. The van der Waals surface area contributed by atoms with Crippen LogP contribution < -0.4 is 5.73 Å². The molecule has 0 aromatic rings. The van der Waals surface area contributed by atoms with Gasteiger partial charge in [-0.1, -0.05) is 0 Å². The van der Waals surface area contributed by atoms with Gasteiger partial charge in [0.1, 0.15) is 0 Å². The van der Waals surface area contributed by atoms with Gasteiger partial charge in [-0.15, -0.1) is 0 Å². The molecule has 0 aliphatic carbocycles. The van der Waals surface area contributed by atoms with Crippen LogP contribution in [0.15, 0.2) is 0 Å². The van der Waals surface area contributed by atoms with Crippen LogP contribution in [0.1, 0.15) is 13.8 Å². The van der Waals surface area contributed by atoms with Crippen molar-refractivity contribution in [3.05, 3.63) is 0 Å². The molecule has 76 valence electrons. The zero-order valence-electron chi connectivity index (χ0n) is 8.49. The van der Waals surface area contributed by atoms with Gasteiger partial charge in [-0.2, -0.15) is 0 Å². The SMILES string of the molecule is CCN1CCN(C(C)CN)CC1=O. The lowest BCUT2D eigenvalue weighted by atomic mass is 10.2. The number of nitrogens with two attached hydrogens (primary N) is 1. The van der Waals surface area contributed by atoms with Gasteiger partial charge in [0.2, 0.25) is 5.91 Å². The molecule has 1 atom stereocenters. The fourth-order valence-corrected chi connectivity index (χ4v) is 1.59. The summed E-state index contributed by atoms with van der Waals surface area (Å²) in [5.41, 5.74) is 5.55. The number of carbonyl (C=O) groups is 1. The minimum Gasteiger partial charge on any atom is -0.341 e. The van der Waals surface area contributed by atoms with E-state index in [9.17, 15) is 4.79 Å². The van der Waals surface area contributed by atoms with Crippen LogP contribution in [0.2, 0.25) is 0 Å². The van der Waals surface area contributed by atoms with Crippen molar-refractivity contribution < 1.29 is 4.79 Å². The van der Waals surface area contributed by atoms with Crippen LogP contribution in [0.3, 0.4) is 0 Å². The molecule has 1 aliphatic rings. The first-order valence-electron chi connectivity index (χ1n) is 4.91. The van der Waals surface area contributed by atoms with Gasteiger partial charge in [0.05, 0.1) is 6.54 Å². The van der Waals surface area contributed by atoms with Crippen LogP contribution in [0.25, 0.3) is 0 Å². The van der Waals surface area contributed by atoms with Gasteiger partial charge in [-0.3, -0.25) is 9.69 Å². The molecule has 0 radical (unpaired) electrons. The summed E-state index contributed by atoms with van der Waals surface area (Å²) < 4.78 is 0. The third-order valence-corrected chi connectivity index (χ3v) is 2.69. The lowest BCUT2D eigenvalue weighted by molar-refractivity contribution is -0.136. The molecule has 1 aliphatic heterocycles. The second-order valence-electron chi connectivity index (χ2n) is 3.53. The van der Waals surface area contributed by atoms with Crippen LogP contribution in [0, 0.1) is 0 Å². The first-order valence-corrected chi connectivity index (χ1v) is 4.91. The molecular formula is C9H19N3O. The Hall–Kier alpha value is -0.610. The number of rotatable bonds is 3. The summed E-state index contributed by atoms with van der Waals surface area (Å²) in [6.45, 7) is 7.86. The predicted octanol–water partition coefficient (Wildman–Crippen LogP) is -0.502. The first-order chi connectivity index (χ1) is 6.19. The van der Waals surface area contributed by atoms with E-state index in [0.717, 1.165) is 19.6 Å². The highest BCUT2D eigenvalue weighted by atomic mass is 16.2. The maximum absolute atomic E-state index is 11.5. The molecule has 4 nitrogen and oxygen atoms in total. The van der Waals surface area contributed by atoms with Crippen molar-refractivity contribution in [1.82, 2.24) is 9.80 Å². The topological polar surface area (TPSA) is 49.6 Å². The Bertz CT molecular complexity index is 184. The number of hydrogen-bond acceptors (Lipinski definition) is 3. The van der Waals surface area contributed by atoms with Crippen molar-refractivity contribution in [3.8, 4) is 0 Å². The van der Waals surface area contributed by atoms with Gasteiger partial charge in [0.25, 0.3) is 0 Å². The Kier molecular flexibility index (Phi) is 3.69. The van der Waals surface area contributed by atoms with Crippen molar-refractivity contribution in [2.75, 3.05) is 32.7 Å². The highest BCUT2D eigenvalue weighted by Crippen LogP contribution is 2.06. The monoisotopic (exact) mass is 185 g/mol. The number of carbonyl (C=O) groups excluding carboxylic acids is 1. The van der Waals surface area contributed by atoms with E-state index in [1.54, 1.807) is 0 Å². The van der Waals surface area contributed by atoms with E-state index < -0.39 is 0 Å². The molecule has 1 unspecified atom stereocenters. The summed E-state index contributed by atoms with van der Waals surface area (Å²) in [6, 6.07) is 0.322. The molecule has 1 heterocycles. The van der Waals surface area contributed by atoms with E-state index >= 15 is 0 Å². The van der Waals surface area contributed by atoms with E-state index in [1.165, 1.54) is 0 Å². The lowest BCUT2D eigenvalue weighted by Gasteiger charge is -2.36. The van der Waals surface area contributed by atoms with Crippen molar-refractivity contribution in [3.63, 3.8) is 0 Å². The minimum absolute atomic E-state index is 0.231. The predicted molar refractivity (Wildman–Crippen MR) is 52.3 cm³/mol. The van der Waals surface area contributed by atoms with Crippen molar-refractivity contribution >= 4 is 5.91 Å². The molecule has 1 amide bonds. The fourth-order valence-electron chi connectivity index (χ4n) is 1.59. The number of likely N-dealkylation sites (N-methyl/N-ethyl adjacent to an activating group) is 1. The summed E-state index contributed by atoms with van der Waals surface area (Å²) in [7, 11) is 0. The number of piperazine rings is 1. The van der Waals surface area contributed by atoms with E-state index in [4.69, 9.17) is 5.73 Å². The Balaban J connectivity index is 2.45. The Morgan fingerprint density at radius 3 is 2.69 bits per heavy atom. The second kappa shape index (κ2) is 4.58. The summed E-state index contributed by atoms with van der Waals surface area (Å²) in [6.07, 6.45) is 0. The normalized spacial score (nSPS) is 22.1. The van der Waals surface area contributed by atoms with Gasteiger partial charge < -0.3 is 10.6 Å². The smallest absolute Gasteiger partial charge is 0.236 e. The Labute approximate surface area is 79.7 Å². The molecule has 0 aromatic heterocycles. The van der Waals surface area contributed by atoms with Crippen LogP contribution in [-0.4, -0.2) is 54.5 Å². The third-order valence-electron chi connectivity index (χ3n) is 2.69. The molecule has 13 heavy (non-hydrogen) atoms. The summed E-state index contributed by atoms with van der Waals surface area (Å²) in [5, 5.41) is 0. The summed E-state index contributed by atoms with van der Waals surface area (Å²) in [5.74, 6) is 0.231. The third kappa shape index (κ3) is 2.42. The molecule has 1 rings (SSSR count). The van der Waals surface area contributed by atoms with E-state index in [2.05, 4.69) is 11.8 Å². The van der Waals surface area contributed by atoms with Crippen LogP contribution in [0.5, 0.6) is 0 Å². The van der Waals surface area contributed by atoms with Gasteiger partial charge in [-0.05, 0) is 13.8 Å². The number of nitrogens with zero attached hydrogens (tertiary/aromatic N) is 2. The van der Waals surface area contributed by atoms with E-state index in [0.29, 0.717) is 19.1 Å². The zero-order chi connectivity index (χ0) is 9.84. The van der Waals surface area contributed by atoms with Gasteiger partial charge in [-0.25, -0.2) is 0 Å². The molecule has 1 saturated heterocycles. The van der Waals surface area contributed by atoms with Gasteiger partial charge in [0, 0.05) is 32.2 Å². The molecule has 4 heteroatoms. The standard InChI is InChI=1S/C9H19N3O/c1-3-11-4-5-12(7-9(11)13)8(2)6-10/h8H,3-7,10H2,1-2H3. The average molecular weight is 185 g/mol. The highest BCUT2D eigenvalue weighted by Gasteiger charge is 2.24. The molecule has 0 saturated carbocycles. The molecule has 2 N–H and O–H groups in total. The average Bonchev–Trinajstić information content (AvgIpc) is 2.16. The Morgan fingerprint density at radius 1 is 1.54 bits per heavy atom. The minimum atomic E-state index is 0.231. The van der Waals surface area contributed by atoms with Crippen LogP contribution >= 0.6 is 0 Å². The van der Waals surface area contributed by atoms with Crippen molar-refractivity contribution in [2.24, 2.45) is 5.73 Å². The van der Waals surface area contributed by atoms with Crippen molar-refractivity contribution in [1.29, 1.82) is 0 Å². The molecule has 0 bridgehead atoms. The molecule has 0 spiro atoms. The zero-order valence-corrected chi connectivity index (χ0v) is 8.49. The molecule has 1 fully saturated rings. The largest absolute Gasteiger partial charge is 0.341 e. The quantitative estimate of drug-likeness (QED) is 0.645. The fraction of sp³-hybridized carbons (Fsp3) is 0.889. The van der Waals surface area contributed by atoms with Crippen molar-refractivity contribution in [2.45, 2.75) is 19.9 Å². The molecular weight excluding hydrogens is 166 g/mol. The molecule has 0 aromatic carbocycles. The van der Waals surface area contributed by atoms with E-state index in [1.807, 2.05) is 11.8 Å². The summed E-state index contributed by atoms with van der Waals surface area (Å²) >= 11 is 0. The maximum Gasteiger partial charge on any atom is 0.236 e. The lowest BCUT2D eigenvalue weighted by Crippen LogP contribution is -2.54. The van der Waals surface area contributed by atoms with Gasteiger partial charge in [0.15, 0.2) is 0 Å². The summed E-state index contributed by atoms with van der Waals surface area (Å²) in [4.78, 5) is 15.5. The van der Waals surface area contributed by atoms with Gasteiger partial charge >= 0.3 is 0 Å². The van der Waals surface area contributed by atoms with E-state index in [-0.39, 0.29) is 5.91 Å². The maximum atomic E-state index is 11.5. The second-order valence-corrected chi connectivity index (χ2v) is 3.53. The number of hydrogen-bond donors (Lipinski definition) is 1. The van der Waals surface area contributed by atoms with Crippen LogP contribution in [-0.2, 0) is 4.79 Å². The first kappa shape index (κ1) is 10.5. The number of amides is 1. The highest BCUT2D eigenvalue weighted by molar-refractivity contribution is 5.79. The van der Waals surface area contributed by atoms with Crippen LogP contribution in [0.4, 0.5) is 0 Å².